The topological polar surface area (TPSA) is 82.9 Å². The molecule has 3 rings (SSSR count). The molecule has 0 aliphatic heterocycles. The average molecular weight is 311 g/mol. The van der Waals surface area contributed by atoms with Crippen LogP contribution in [-0.4, -0.2) is 24.2 Å². The number of rotatable bonds is 5. The van der Waals surface area contributed by atoms with Gasteiger partial charge < -0.3 is 14.2 Å². The number of hydrogen-bond acceptors (Lipinski definition) is 7. The molecule has 0 saturated carbocycles. The van der Waals surface area contributed by atoms with E-state index in [9.17, 15) is 4.91 Å². The minimum atomic E-state index is 0.239. The molecule has 0 N–H and O–H groups in total. The molecule has 0 amide bonds. The highest BCUT2D eigenvalue weighted by molar-refractivity contribution is 5.88. The fourth-order valence-electron chi connectivity index (χ4n) is 2.14. The first-order valence-electron chi connectivity index (χ1n) is 6.73. The summed E-state index contributed by atoms with van der Waals surface area (Å²) in [4.78, 5) is 18.8. The maximum absolute atomic E-state index is 10.4. The fourth-order valence-corrected chi connectivity index (χ4v) is 2.14. The zero-order valence-electron chi connectivity index (χ0n) is 12.5. The monoisotopic (exact) mass is 311 g/mol. The third-order valence-corrected chi connectivity index (χ3v) is 3.25. The lowest BCUT2D eigenvalue weighted by molar-refractivity contribution is 0.355. The van der Waals surface area contributed by atoms with Gasteiger partial charge in [0.25, 0.3) is 0 Å². The van der Waals surface area contributed by atoms with Crippen molar-refractivity contribution in [3.63, 3.8) is 0 Å². The fraction of sp³-hybridized carbons (Fsp3) is 0.125. The van der Waals surface area contributed by atoms with Gasteiger partial charge in [-0.05, 0) is 23.4 Å². The lowest BCUT2D eigenvalue weighted by Crippen LogP contribution is -1.94. The highest BCUT2D eigenvalue weighted by atomic mass is 16.5. The lowest BCUT2D eigenvalue weighted by Gasteiger charge is -2.11. The Morgan fingerprint density at radius 3 is 2.39 bits per heavy atom. The lowest BCUT2D eigenvalue weighted by atomic mass is 10.2. The number of hydrogen-bond donors (Lipinski definition) is 0. The number of fused-ring (bicyclic) bond motifs is 1. The van der Waals surface area contributed by atoms with E-state index in [1.54, 1.807) is 44.7 Å². The van der Waals surface area contributed by atoms with Crippen molar-refractivity contribution in [3.05, 3.63) is 47.6 Å². The van der Waals surface area contributed by atoms with Gasteiger partial charge in [-0.1, -0.05) is 0 Å². The Morgan fingerprint density at radius 2 is 1.74 bits per heavy atom. The van der Waals surface area contributed by atoms with E-state index >= 15 is 0 Å². The van der Waals surface area contributed by atoms with Gasteiger partial charge in [-0.15, -0.1) is 4.91 Å². The van der Waals surface area contributed by atoms with Crippen molar-refractivity contribution in [2.45, 2.75) is 0 Å². The summed E-state index contributed by atoms with van der Waals surface area (Å²) in [6, 6.07) is 8.39. The minimum Gasteiger partial charge on any atom is -0.493 e. The molecule has 1 aromatic carbocycles. The summed E-state index contributed by atoms with van der Waals surface area (Å²) >= 11 is 0. The zero-order chi connectivity index (χ0) is 16.2. The Kier molecular flexibility index (Phi) is 4.01. The molecule has 7 nitrogen and oxygen atoms in total. The second kappa shape index (κ2) is 6.27. The molecule has 0 unspecified atom stereocenters. The largest absolute Gasteiger partial charge is 0.493 e. The Hall–Kier alpha value is -3.22. The number of nitrogens with zero attached hydrogens (tertiary/aromatic N) is 3. The maximum atomic E-state index is 10.4. The third kappa shape index (κ3) is 2.89. The Balaban J connectivity index is 2.04. The van der Waals surface area contributed by atoms with Crippen molar-refractivity contribution in [3.8, 4) is 23.1 Å². The SMILES string of the molecule is COc1cc2nccc(Oc3ccc(N=O)cn3)c2cc1OC. The summed E-state index contributed by atoms with van der Waals surface area (Å²) in [5, 5.41) is 3.56. The predicted molar refractivity (Wildman–Crippen MR) is 84.6 cm³/mol. The molecule has 0 bridgehead atoms. The van der Waals surface area contributed by atoms with Crippen LogP contribution < -0.4 is 14.2 Å². The molecule has 0 fully saturated rings. The third-order valence-electron chi connectivity index (χ3n) is 3.25. The smallest absolute Gasteiger partial charge is 0.219 e. The second-order valence-electron chi connectivity index (χ2n) is 4.58. The molecule has 0 saturated heterocycles. The van der Waals surface area contributed by atoms with Crippen LogP contribution in [0.25, 0.3) is 10.9 Å². The molecular weight excluding hydrogens is 298 g/mol. The van der Waals surface area contributed by atoms with E-state index in [2.05, 4.69) is 15.1 Å². The normalized spacial score (nSPS) is 10.3. The van der Waals surface area contributed by atoms with E-state index in [-0.39, 0.29) is 5.69 Å². The van der Waals surface area contributed by atoms with Crippen molar-refractivity contribution in [2.24, 2.45) is 5.18 Å². The van der Waals surface area contributed by atoms with Gasteiger partial charge in [0, 0.05) is 23.7 Å². The molecule has 0 aliphatic carbocycles. The van der Waals surface area contributed by atoms with Crippen molar-refractivity contribution in [1.29, 1.82) is 0 Å². The van der Waals surface area contributed by atoms with Crippen LogP contribution in [0, 0.1) is 4.91 Å². The van der Waals surface area contributed by atoms with Gasteiger partial charge in [0.15, 0.2) is 11.5 Å². The van der Waals surface area contributed by atoms with Crippen molar-refractivity contribution in [1.82, 2.24) is 9.97 Å². The molecule has 2 aromatic heterocycles. The molecule has 2 heterocycles. The van der Waals surface area contributed by atoms with Gasteiger partial charge in [0.1, 0.15) is 11.4 Å². The molecule has 3 aromatic rings. The number of nitroso groups, excluding NO2 is 1. The summed E-state index contributed by atoms with van der Waals surface area (Å²) in [6.45, 7) is 0. The summed E-state index contributed by atoms with van der Waals surface area (Å²) in [5.41, 5.74) is 0.940. The molecular formula is C16H13N3O4. The Labute approximate surface area is 131 Å². The zero-order valence-corrected chi connectivity index (χ0v) is 12.5. The number of benzene rings is 1. The van der Waals surface area contributed by atoms with E-state index in [1.165, 1.54) is 12.3 Å². The number of pyridine rings is 2. The van der Waals surface area contributed by atoms with Gasteiger partial charge in [-0.25, -0.2) is 4.98 Å². The summed E-state index contributed by atoms with van der Waals surface area (Å²) in [7, 11) is 3.13. The van der Waals surface area contributed by atoms with Crippen LogP contribution in [0.15, 0.2) is 47.9 Å². The molecule has 0 radical (unpaired) electrons. The van der Waals surface area contributed by atoms with Crippen LogP contribution >= 0.6 is 0 Å². The van der Waals surface area contributed by atoms with Crippen LogP contribution in [0.3, 0.4) is 0 Å². The second-order valence-corrected chi connectivity index (χ2v) is 4.58. The van der Waals surface area contributed by atoms with E-state index < -0.39 is 0 Å². The molecule has 7 heteroatoms. The maximum Gasteiger partial charge on any atom is 0.219 e. The minimum absolute atomic E-state index is 0.239. The first kappa shape index (κ1) is 14.7. The first-order chi connectivity index (χ1) is 11.2. The van der Waals surface area contributed by atoms with E-state index in [4.69, 9.17) is 14.2 Å². The van der Waals surface area contributed by atoms with Crippen LogP contribution in [-0.2, 0) is 0 Å². The molecule has 116 valence electrons. The number of ether oxygens (including phenoxy) is 3. The van der Waals surface area contributed by atoms with Gasteiger partial charge in [0.05, 0.1) is 25.9 Å². The molecule has 0 aliphatic rings. The molecule has 0 atom stereocenters. The van der Waals surface area contributed by atoms with Gasteiger partial charge in [0.2, 0.25) is 5.88 Å². The summed E-state index contributed by atoms with van der Waals surface area (Å²) < 4.78 is 16.4. The highest BCUT2D eigenvalue weighted by Gasteiger charge is 2.11. The van der Waals surface area contributed by atoms with E-state index in [1.807, 2.05) is 0 Å². The molecule has 23 heavy (non-hydrogen) atoms. The van der Waals surface area contributed by atoms with Crippen molar-refractivity contribution < 1.29 is 14.2 Å². The standard InChI is InChI=1S/C16H13N3O4/c1-21-14-7-11-12(8-15(14)22-2)17-6-5-13(11)23-16-4-3-10(19-20)9-18-16/h3-9H,1-2H3. The highest BCUT2D eigenvalue weighted by Crippen LogP contribution is 2.36. The summed E-state index contributed by atoms with van der Waals surface area (Å²) in [6.07, 6.45) is 2.97. The molecule has 0 spiro atoms. The van der Waals surface area contributed by atoms with Gasteiger partial charge in [-0.2, -0.15) is 0 Å². The van der Waals surface area contributed by atoms with Crippen LogP contribution in [0.5, 0.6) is 23.1 Å². The first-order valence-corrected chi connectivity index (χ1v) is 6.73. The quantitative estimate of drug-likeness (QED) is 0.666. The van der Waals surface area contributed by atoms with Gasteiger partial charge >= 0.3 is 0 Å². The van der Waals surface area contributed by atoms with Gasteiger partial charge in [-0.3, -0.25) is 4.98 Å². The predicted octanol–water partition coefficient (Wildman–Crippen LogP) is 3.84. The Morgan fingerprint density at radius 1 is 0.957 bits per heavy atom. The Bertz CT molecular complexity index is 850. The van der Waals surface area contributed by atoms with Crippen LogP contribution in [0.4, 0.5) is 5.69 Å². The number of methoxy groups -OCH3 is 2. The van der Waals surface area contributed by atoms with Crippen LogP contribution in [0.2, 0.25) is 0 Å². The summed E-state index contributed by atoms with van der Waals surface area (Å²) in [5.74, 6) is 2.07. The van der Waals surface area contributed by atoms with E-state index in [0.717, 1.165) is 5.39 Å². The number of aromatic nitrogens is 2. The average Bonchev–Trinajstić information content (AvgIpc) is 2.61. The van der Waals surface area contributed by atoms with Crippen molar-refractivity contribution in [2.75, 3.05) is 14.2 Å². The van der Waals surface area contributed by atoms with Crippen molar-refractivity contribution >= 4 is 16.6 Å². The van der Waals surface area contributed by atoms with Crippen LogP contribution in [0.1, 0.15) is 0 Å². The van der Waals surface area contributed by atoms with E-state index in [0.29, 0.717) is 28.6 Å².